The molecule has 0 aliphatic heterocycles. The van der Waals surface area contributed by atoms with Crippen molar-refractivity contribution in [2.45, 2.75) is 10.1 Å². The molecule has 5 heteroatoms. The third-order valence-electron chi connectivity index (χ3n) is 1.65. The van der Waals surface area contributed by atoms with Crippen LogP contribution in [0.5, 0.6) is 0 Å². The number of pyridine rings is 1. The van der Waals surface area contributed by atoms with Crippen LogP contribution in [0.15, 0.2) is 47.0 Å². The van der Waals surface area contributed by atoms with Crippen molar-refractivity contribution in [2.24, 2.45) is 0 Å². The summed E-state index contributed by atoms with van der Waals surface area (Å²) in [5.41, 5.74) is 0.557. The summed E-state index contributed by atoms with van der Waals surface area (Å²) in [5.74, 6) is 0. The zero-order valence-corrected chi connectivity index (χ0v) is 8.48. The summed E-state index contributed by atoms with van der Waals surface area (Å²) >= 11 is 1.35. The topological polar surface area (TPSA) is 62.5 Å². The minimum Gasteiger partial charge on any atom is -0.248 e. The van der Waals surface area contributed by atoms with Gasteiger partial charge in [-0.3, -0.25) is 0 Å². The quantitative estimate of drug-likeness (QED) is 0.714. The Morgan fingerprint density at radius 1 is 1.20 bits per heavy atom. The van der Waals surface area contributed by atoms with Crippen molar-refractivity contribution < 1.29 is 0 Å². The molecule has 0 aliphatic rings. The first-order chi connectivity index (χ1) is 7.40. The van der Waals surface area contributed by atoms with Crippen LogP contribution in [0.25, 0.3) is 0 Å². The van der Waals surface area contributed by atoms with E-state index in [-0.39, 0.29) is 0 Å². The molecule has 0 saturated carbocycles. The van der Waals surface area contributed by atoms with Crippen LogP contribution in [0.1, 0.15) is 5.56 Å². The summed E-state index contributed by atoms with van der Waals surface area (Å²) in [6.07, 6.45) is 4.78. The van der Waals surface area contributed by atoms with Crippen LogP contribution < -0.4 is 0 Å². The van der Waals surface area contributed by atoms with Crippen molar-refractivity contribution in [1.82, 2.24) is 15.0 Å². The van der Waals surface area contributed by atoms with Crippen molar-refractivity contribution in [1.29, 1.82) is 5.26 Å². The van der Waals surface area contributed by atoms with E-state index in [0.717, 1.165) is 5.03 Å². The van der Waals surface area contributed by atoms with Gasteiger partial charge in [-0.05, 0) is 30.0 Å². The molecule has 2 aromatic heterocycles. The fourth-order valence-electron chi connectivity index (χ4n) is 0.995. The number of rotatable bonds is 2. The molecule has 0 amide bonds. The molecule has 0 aromatic carbocycles. The molecule has 0 aliphatic carbocycles. The van der Waals surface area contributed by atoms with E-state index in [0.29, 0.717) is 10.6 Å². The highest BCUT2D eigenvalue weighted by Crippen LogP contribution is 2.25. The highest BCUT2D eigenvalue weighted by molar-refractivity contribution is 7.99. The highest BCUT2D eigenvalue weighted by Gasteiger charge is 2.04. The summed E-state index contributed by atoms with van der Waals surface area (Å²) in [6.45, 7) is 0. The van der Waals surface area contributed by atoms with Gasteiger partial charge >= 0.3 is 0 Å². The average Bonchev–Trinajstić information content (AvgIpc) is 2.31. The van der Waals surface area contributed by atoms with E-state index < -0.39 is 0 Å². The Morgan fingerprint density at radius 3 is 2.87 bits per heavy atom. The van der Waals surface area contributed by atoms with Gasteiger partial charge in [0, 0.05) is 12.4 Å². The van der Waals surface area contributed by atoms with Gasteiger partial charge in [-0.25, -0.2) is 15.0 Å². The Morgan fingerprint density at radius 2 is 2.13 bits per heavy atom. The van der Waals surface area contributed by atoms with Crippen LogP contribution in [0, 0.1) is 11.3 Å². The molecule has 2 aromatic rings. The van der Waals surface area contributed by atoms with E-state index in [1.165, 1.54) is 18.1 Å². The van der Waals surface area contributed by atoms with Gasteiger partial charge in [-0.1, -0.05) is 0 Å². The van der Waals surface area contributed by atoms with Gasteiger partial charge in [-0.15, -0.1) is 0 Å². The van der Waals surface area contributed by atoms with Gasteiger partial charge in [0.2, 0.25) is 0 Å². The van der Waals surface area contributed by atoms with Gasteiger partial charge < -0.3 is 0 Å². The molecule has 2 rings (SSSR count). The van der Waals surface area contributed by atoms with Gasteiger partial charge in [0.15, 0.2) is 0 Å². The van der Waals surface area contributed by atoms with Gasteiger partial charge in [-0.2, -0.15) is 5.26 Å². The zero-order chi connectivity index (χ0) is 10.5. The van der Waals surface area contributed by atoms with Crippen molar-refractivity contribution >= 4 is 11.8 Å². The second-order valence-corrected chi connectivity index (χ2v) is 3.63. The molecular weight excluding hydrogens is 208 g/mol. The van der Waals surface area contributed by atoms with Gasteiger partial charge in [0.1, 0.15) is 22.4 Å². The zero-order valence-electron chi connectivity index (χ0n) is 7.66. The smallest absolute Gasteiger partial charge is 0.120 e. The Labute approximate surface area is 91.0 Å². The predicted octanol–water partition coefficient (Wildman–Crippen LogP) is 1.89. The predicted molar refractivity (Wildman–Crippen MR) is 55.1 cm³/mol. The molecule has 2 heterocycles. The number of hydrogen-bond acceptors (Lipinski definition) is 5. The van der Waals surface area contributed by atoms with E-state index >= 15 is 0 Å². The molecule has 0 saturated heterocycles. The first-order valence-corrected chi connectivity index (χ1v) is 5.01. The Balaban J connectivity index is 2.29. The lowest BCUT2D eigenvalue weighted by atomic mass is 10.3. The minimum atomic E-state index is 0.557. The summed E-state index contributed by atoms with van der Waals surface area (Å²) in [4.78, 5) is 12.0. The highest BCUT2D eigenvalue weighted by atomic mass is 32.2. The minimum absolute atomic E-state index is 0.557. The summed E-state index contributed by atoms with van der Waals surface area (Å²) in [7, 11) is 0. The molecule has 0 unspecified atom stereocenters. The second kappa shape index (κ2) is 4.53. The van der Waals surface area contributed by atoms with Crippen LogP contribution in [0.2, 0.25) is 0 Å². The third-order valence-corrected chi connectivity index (χ3v) is 2.62. The Bertz CT molecular complexity index is 492. The first-order valence-electron chi connectivity index (χ1n) is 4.19. The lowest BCUT2D eigenvalue weighted by Crippen LogP contribution is -1.87. The molecular formula is C10H6N4S. The molecule has 72 valence electrons. The maximum Gasteiger partial charge on any atom is 0.120 e. The Kier molecular flexibility index (Phi) is 2.90. The number of aromatic nitrogens is 3. The monoisotopic (exact) mass is 214 g/mol. The van der Waals surface area contributed by atoms with Crippen molar-refractivity contribution in [3.8, 4) is 6.07 Å². The van der Waals surface area contributed by atoms with Crippen LogP contribution in [0.3, 0.4) is 0 Å². The largest absolute Gasteiger partial charge is 0.248 e. The van der Waals surface area contributed by atoms with Crippen molar-refractivity contribution in [3.63, 3.8) is 0 Å². The molecule has 0 atom stereocenters. The van der Waals surface area contributed by atoms with Crippen molar-refractivity contribution in [3.05, 3.63) is 42.5 Å². The lowest BCUT2D eigenvalue weighted by Gasteiger charge is -2.00. The van der Waals surface area contributed by atoms with E-state index in [2.05, 4.69) is 21.0 Å². The lowest BCUT2D eigenvalue weighted by molar-refractivity contribution is 1.03. The molecule has 0 spiro atoms. The summed E-state index contributed by atoms with van der Waals surface area (Å²) < 4.78 is 0. The number of hydrogen-bond donors (Lipinski definition) is 0. The summed E-state index contributed by atoms with van der Waals surface area (Å²) in [6, 6.07) is 7.34. The SMILES string of the molecule is N#Cc1cccnc1Sc1ccncn1. The number of nitrogens with zero attached hydrogens (tertiary/aromatic N) is 4. The van der Waals surface area contributed by atoms with Crippen molar-refractivity contribution in [2.75, 3.05) is 0 Å². The molecule has 0 fully saturated rings. The molecule has 4 nitrogen and oxygen atoms in total. The van der Waals surface area contributed by atoms with E-state index in [4.69, 9.17) is 5.26 Å². The van der Waals surface area contributed by atoms with E-state index in [1.807, 2.05) is 0 Å². The molecule has 0 N–H and O–H groups in total. The molecule has 0 bridgehead atoms. The second-order valence-electron chi connectivity index (χ2n) is 2.62. The van der Waals surface area contributed by atoms with Gasteiger partial charge in [0.05, 0.1) is 5.56 Å². The fraction of sp³-hybridized carbons (Fsp3) is 0. The maximum atomic E-state index is 8.86. The third kappa shape index (κ3) is 2.30. The summed E-state index contributed by atoms with van der Waals surface area (Å²) in [5, 5.41) is 10.3. The standard InChI is InChI=1S/C10H6N4S/c11-6-8-2-1-4-13-10(8)15-9-3-5-12-7-14-9/h1-5,7H. The van der Waals surface area contributed by atoms with Crippen LogP contribution in [0.4, 0.5) is 0 Å². The Hall–Kier alpha value is -1.93. The van der Waals surface area contributed by atoms with Crippen LogP contribution >= 0.6 is 11.8 Å². The van der Waals surface area contributed by atoms with E-state index in [9.17, 15) is 0 Å². The maximum absolute atomic E-state index is 8.86. The van der Waals surface area contributed by atoms with Crippen LogP contribution in [-0.4, -0.2) is 15.0 Å². The average molecular weight is 214 g/mol. The van der Waals surface area contributed by atoms with Gasteiger partial charge in [0.25, 0.3) is 0 Å². The fourth-order valence-corrected chi connectivity index (χ4v) is 1.76. The normalized spacial score (nSPS) is 9.53. The molecule has 15 heavy (non-hydrogen) atoms. The first kappa shape index (κ1) is 9.62. The van der Waals surface area contributed by atoms with Crippen LogP contribution in [-0.2, 0) is 0 Å². The van der Waals surface area contributed by atoms with E-state index in [1.54, 1.807) is 30.6 Å². The molecule has 0 radical (unpaired) electrons. The number of nitriles is 1.